The second-order valence-corrected chi connectivity index (χ2v) is 8.62. The summed E-state index contributed by atoms with van der Waals surface area (Å²) in [6.45, 7) is 2.43. The highest BCUT2D eigenvalue weighted by atomic mass is 35.5. The Bertz CT molecular complexity index is 1070. The quantitative estimate of drug-likeness (QED) is 0.476. The van der Waals surface area contributed by atoms with Crippen LogP contribution in [0.2, 0.25) is 5.02 Å². The van der Waals surface area contributed by atoms with Crippen molar-refractivity contribution in [1.29, 1.82) is 0 Å². The largest absolute Gasteiger partial charge is 0.371 e. The van der Waals surface area contributed by atoms with E-state index < -0.39 is 12.1 Å². The fourth-order valence-electron chi connectivity index (χ4n) is 3.98. The van der Waals surface area contributed by atoms with Gasteiger partial charge in [-0.3, -0.25) is 15.1 Å². The number of anilines is 2. The van der Waals surface area contributed by atoms with Crippen LogP contribution in [0, 0.1) is 5.92 Å². The van der Waals surface area contributed by atoms with E-state index in [4.69, 9.17) is 11.6 Å². The normalized spacial score (nSPS) is 14.8. The average Bonchev–Trinajstić information content (AvgIpc) is 2.88. The third kappa shape index (κ3) is 6.45. The number of aromatic nitrogens is 2. The number of amides is 3. The Balaban J connectivity index is 1.33. The highest BCUT2D eigenvalue weighted by Gasteiger charge is 2.25. The standard InChI is InChI=1S/C25H27ClN6O2/c26-20-6-7-22(28-17-20)30-25(34)31-23(19-4-2-1-3-5-19)24(33)29-16-18-10-14-32(15-11-18)21-8-12-27-13-9-21/h1-9,12-13,17-18,23H,10-11,14-16H2,(H,29,33)(H2,28,30,31,34). The maximum absolute atomic E-state index is 13.1. The molecular formula is C25H27ClN6O2. The first kappa shape index (κ1) is 23.5. The second-order valence-electron chi connectivity index (χ2n) is 8.18. The molecule has 1 fully saturated rings. The lowest BCUT2D eigenvalue weighted by Crippen LogP contribution is -2.44. The number of benzene rings is 1. The number of halogens is 1. The van der Waals surface area contributed by atoms with E-state index >= 15 is 0 Å². The number of hydrogen-bond donors (Lipinski definition) is 3. The van der Waals surface area contributed by atoms with Gasteiger partial charge in [0.25, 0.3) is 0 Å². The Labute approximate surface area is 203 Å². The summed E-state index contributed by atoms with van der Waals surface area (Å²) < 4.78 is 0. The minimum atomic E-state index is -0.828. The van der Waals surface area contributed by atoms with E-state index in [1.807, 2.05) is 42.5 Å². The maximum Gasteiger partial charge on any atom is 0.321 e. The van der Waals surface area contributed by atoms with Crippen LogP contribution in [0.15, 0.2) is 73.2 Å². The van der Waals surface area contributed by atoms with E-state index in [2.05, 4.69) is 30.8 Å². The third-order valence-corrected chi connectivity index (χ3v) is 6.07. The molecule has 9 heteroatoms. The molecule has 1 aromatic carbocycles. The molecule has 0 radical (unpaired) electrons. The number of piperidine rings is 1. The molecule has 0 spiro atoms. The van der Waals surface area contributed by atoms with Gasteiger partial charge in [0.1, 0.15) is 11.9 Å². The zero-order valence-electron chi connectivity index (χ0n) is 18.7. The summed E-state index contributed by atoms with van der Waals surface area (Å²) in [6, 6.07) is 15.1. The van der Waals surface area contributed by atoms with Gasteiger partial charge in [-0.1, -0.05) is 41.9 Å². The van der Waals surface area contributed by atoms with Gasteiger partial charge in [-0.25, -0.2) is 9.78 Å². The van der Waals surface area contributed by atoms with Crippen LogP contribution in [0.5, 0.6) is 0 Å². The molecule has 2 aromatic heterocycles. The second kappa shape index (κ2) is 11.5. The molecule has 0 bridgehead atoms. The van der Waals surface area contributed by atoms with Gasteiger partial charge in [-0.05, 0) is 48.6 Å². The van der Waals surface area contributed by atoms with Gasteiger partial charge < -0.3 is 15.5 Å². The van der Waals surface area contributed by atoms with E-state index in [9.17, 15) is 9.59 Å². The summed E-state index contributed by atoms with van der Waals surface area (Å²) >= 11 is 5.84. The van der Waals surface area contributed by atoms with Crippen molar-refractivity contribution in [2.75, 3.05) is 29.9 Å². The molecule has 3 aromatic rings. The number of carbonyl (C=O) groups excluding carboxylic acids is 2. The van der Waals surface area contributed by atoms with Gasteiger partial charge in [0.2, 0.25) is 5.91 Å². The number of urea groups is 1. The smallest absolute Gasteiger partial charge is 0.321 e. The predicted octanol–water partition coefficient (Wildman–Crippen LogP) is 4.03. The zero-order valence-corrected chi connectivity index (χ0v) is 19.4. The highest BCUT2D eigenvalue weighted by Crippen LogP contribution is 2.22. The number of nitrogens with zero attached hydrogens (tertiary/aromatic N) is 3. The fraction of sp³-hybridized carbons (Fsp3) is 0.280. The van der Waals surface area contributed by atoms with Crippen LogP contribution in [0.3, 0.4) is 0 Å². The number of pyridine rings is 2. The molecule has 0 aliphatic carbocycles. The average molecular weight is 479 g/mol. The molecule has 3 heterocycles. The maximum atomic E-state index is 13.1. The van der Waals surface area contributed by atoms with Crippen LogP contribution in [0.4, 0.5) is 16.3 Å². The van der Waals surface area contributed by atoms with Crippen molar-refractivity contribution in [1.82, 2.24) is 20.6 Å². The van der Waals surface area contributed by atoms with E-state index in [0.717, 1.165) is 25.9 Å². The van der Waals surface area contributed by atoms with Gasteiger partial charge >= 0.3 is 6.03 Å². The van der Waals surface area contributed by atoms with Crippen molar-refractivity contribution in [2.24, 2.45) is 5.92 Å². The Hall–Kier alpha value is -3.65. The van der Waals surface area contributed by atoms with Crippen LogP contribution >= 0.6 is 11.6 Å². The molecule has 1 atom stereocenters. The lowest BCUT2D eigenvalue weighted by atomic mass is 9.96. The lowest BCUT2D eigenvalue weighted by molar-refractivity contribution is -0.123. The molecule has 1 unspecified atom stereocenters. The van der Waals surface area contributed by atoms with Crippen molar-refractivity contribution >= 4 is 35.0 Å². The van der Waals surface area contributed by atoms with Gasteiger partial charge in [0.15, 0.2) is 0 Å². The summed E-state index contributed by atoms with van der Waals surface area (Å²) in [5.41, 5.74) is 1.87. The van der Waals surface area contributed by atoms with Crippen molar-refractivity contribution < 1.29 is 9.59 Å². The van der Waals surface area contributed by atoms with E-state index in [1.54, 1.807) is 24.5 Å². The van der Waals surface area contributed by atoms with Crippen molar-refractivity contribution in [3.8, 4) is 0 Å². The molecule has 8 nitrogen and oxygen atoms in total. The highest BCUT2D eigenvalue weighted by molar-refractivity contribution is 6.30. The number of rotatable bonds is 7. The summed E-state index contributed by atoms with van der Waals surface area (Å²) in [7, 11) is 0. The molecular weight excluding hydrogens is 452 g/mol. The van der Waals surface area contributed by atoms with Crippen LogP contribution < -0.4 is 20.9 Å². The SMILES string of the molecule is O=C(Nc1ccc(Cl)cn1)NC(C(=O)NCC1CCN(c2ccncc2)CC1)c1ccccc1. The first-order chi connectivity index (χ1) is 16.6. The van der Waals surface area contributed by atoms with E-state index in [0.29, 0.717) is 28.9 Å². The lowest BCUT2D eigenvalue weighted by Gasteiger charge is -2.33. The van der Waals surface area contributed by atoms with E-state index in [1.165, 1.54) is 11.9 Å². The van der Waals surface area contributed by atoms with Gasteiger partial charge in [-0.15, -0.1) is 0 Å². The Morgan fingerprint density at radius 3 is 2.44 bits per heavy atom. The number of hydrogen-bond acceptors (Lipinski definition) is 5. The molecule has 3 amide bonds. The van der Waals surface area contributed by atoms with Crippen molar-refractivity contribution in [3.05, 3.63) is 83.8 Å². The molecule has 3 N–H and O–H groups in total. The third-order valence-electron chi connectivity index (χ3n) is 5.85. The minimum absolute atomic E-state index is 0.248. The Morgan fingerprint density at radius 1 is 1.03 bits per heavy atom. The molecule has 176 valence electrons. The molecule has 1 saturated heterocycles. The number of carbonyl (C=O) groups is 2. The molecule has 34 heavy (non-hydrogen) atoms. The molecule has 1 aliphatic rings. The summed E-state index contributed by atoms with van der Waals surface area (Å²) in [4.78, 5) is 36.1. The van der Waals surface area contributed by atoms with Crippen LogP contribution in [-0.4, -0.2) is 41.5 Å². The fourth-order valence-corrected chi connectivity index (χ4v) is 4.09. The van der Waals surface area contributed by atoms with Crippen molar-refractivity contribution in [2.45, 2.75) is 18.9 Å². The summed E-state index contributed by atoms with van der Waals surface area (Å²) in [6.07, 6.45) is 7.01. The molecule has 4 rings (SSSR count). The summed E-state index contributed by atoms with van der Waals surface area (Å²) in [5, 5.41) is 8.91. The first-order valence-corrected chi connectivity index (χ1v) is 11.6. The van der Waals surface area contributed by atoms with Crippen LogP contribution in [-0.2, 0) is 4.79 Å². The molecule has 1 aliphatic heterocycles. The van der Waals surface area contributed by atoms with Crippen LogP contribution in [0.1, 0.15) is 24.4 Å². The Morgan fingerprint density at radius 2 is 1.76 bits per heavy atom. The summed E-state index contributed by atoms with van der Waals surface area (Å²) in [5.74, 6) is 0.475. The zero-order chi connectivity index (χ0) is 23.8. The van der Waals surface area contributed by atoms with Crippen LogP contribution in [0.25, 0.3) is 0 Å². The van der Waals surface area contributed by atoms with Crippen molar-refractivity contribution in [3.63, 3.8) is 0 Å². The monoisotopic (exact) mass is 478 g/mol. The van der Waals surface area contributed by atoms with Gasteiger partial charge in [0, 0.05) is 43.9 Å². The number of nitrogens with one attached hydrogen (secondary N) is 3. The molecule has 0 saturated carbocycles. The Kier molecular flexibility index (Phi) is 7.93. The minimum Gasteiger partial charge on any atom is -0.371 e. The topological polar surface area (TPSA) is 99.2 Å². The first-order valence-electron chi connectivity index (χ1n) is 11.2. The van der Waals surface area contributed by atoms with Gasteiger partial charge in [-0.2, -0.15) is 0 Å². The predicted molar refractivity (Wildman–Crippen MR) is 133 cm³/mol. The van der Waals surface area contributed by atoms with Gasteiger partial charge in [0.05, 0.1) is 5.02 Å². The van der Waals surface area contributed by atoms with E-state index in [-0.39, 0.29) is 5.91 Å².